The average Bonchev–Trinajstić information content (AvgIpc) is 2.42. The summed E-state index contributed by atoms with van der Waals surface area (Å²) >= 11 is 1.94. The minimum Gasteiger partial charge on any atom is -0.379 e. The van der Waals surface area contributed by atoms with E-state index in [1.54, 1.807) is 7.11 Å². The summed E-state index contributed by atoms with van der Waals surface area (Å²) in [5.74, 6) is 1.11. The first-order valence-corrected chi connectivity index (χ1v) is 8.43. The number of hydrogen-bond acceptors (Lipinski definition) is 3. The van der Waals surface area contributed by atoms with E-state index in [2.05, 4.69) is 57.3 Å². The highest BCUT2D eigenvalue weighted by Gasteiger charge is 2.19. The SMILES string of the molecule is CCNC(CCC(C)(C)OC)CSc1cccc(C)c1. The van der Waals surface area contributed by atoms with E-state index < -0.39 is 0 Å². The molecule has 1 atom stereocenters. The number of nitrogens with one attached hydrogen (secondary N) is 1. The molecule has 1 unspecified atom stereocenters. The van der Waals surface area contributed by atoms with Gasteiger partial charge >= 0.3 is 0 Å². The molecule has 0 aliphatic heterocycles. The van der Waals surface area contributed by atoms with Crippen molar-refractivity contribution >= 4 is 11.8 Å². The van der Waals surface area contributed by atoms with E-state index in [0.717, 1.165) is 25.1 Å². The fourth-order valence-electron chi connectivity index (χ4n) is 2.06. The van der Waals surface area contributed by atoms with Crippen molar-refractivity contribution in [1.82, 2.24) is 5.32 Å². The van der Waals surface area contributed by atoms with Gasteiger partial charge in [-0.1, -0.05) is 24.6 Å². The van der Waals surface area contributed by atoms with Crippen LogP contribution in [0.25, 0.3) is 0 Å². The Bertz CT molecular complexity index is 392. The van der Waals surface area contributed by atoms with Crippen LogP contribution in [0, 0.1) is 6.92 Å². The molecule has 1 N–H and O–H groups in total. The van der Waals surface area contributed by atoms with Crippen molar-refractivity contribution in [3.05, 3.63) is 29.8 Å². The molecule has 1 rings (SSSR count). The topological polar surface area (TPSA) is 21.3 Å². The molecule has 0 aliphatic carbocycles. The van der Waals surface area contributed by atoms with E-state index in [4.69, 9.17) is 4.74 Å². The quantitative estimate of drug-likeness (QED) is 0.687. The number of rotatable bonds is 9. The van der Waals surface area contributed by atoms with Crippen LogP contribution in [0.1, 0.15) is 39.2 Å². The standard InChI is InChI=1S/C17H29NOS/c1-6-18-15(10-11-17(3,4)19-5)13-20-16-9-7-8-14(2)12-16/h7-9,12,15,18H,6,10-11,13H2,1-5H3. The van der Waals surface area contributed by atoms with Crippen molar-refractivity contribution in [3.8, 4) is 0 Å². The highest BCUT2D eigenvalue weighted by molar-refractivity contribution is 7.99. The van der Waals surface area contributed by atoms with Gasteiger partial charge in [0.1, 0.15) is 0 Å². The molecule has 114 valence electrons. The van der Waals surface area contributed by atoms with Crippen molar-refractivity contribution in [1.29, 1.82) is 0 Å². The molecule has 0 bridgehead atoms. The van der Waals surface area contributed by atoms with Crippen molar-refractivity contribution in [2.24, 2.45) is 0 Å². The van der Waals surface area contributed by atoms with Crippen LogP contribution in [0.3, 0.4) is 0 Å². The van der Waals surface area contributed by atoms with E-state index in [9.17, 15) is 0 Å². The molecule has 0 amide bonds. The predicted molar refractivity (Wildman–Crippen MR) is 89.7 cm³/mol. The molecule has 0 saturated heterocycles. The summed E-state index contributed by atoms with van der Waals surface area (Å²) in [6.45, 7) is 9.65. The summed E-state index contributed by atoms with van der Waals surface area (Å²) in [4.78, 5) is 1.36. The van der Waals surface area contributed by atoms with Gasteiger partial charge in [0.15, 0.2) is 0 Å². The minimum atomic E-state index is -0.0261. The van der Waals surface area contributed by atoms with E-state index in [0.29, 0.717) is 6.04 Å². The Hall–Kier alpha value is -0.510. The average molecular weight is 295 g/mol. The molecule has 0 aliphatic rings. The lowest BCUT2D eigenvalue weighted by molar-refractivity contribution is 0.0122. The van der Waals surface area contributed by atoms with E-state index in [1.165, 1.54) is 10.5 Å². The fourth-order valence-corrected chi connectivity index (χ4v) is 3.18. The molecule has 0 spiro atoms. The Balaban J connectivity index is 2.46. The summed E-state index contributed by atoms with van der Waals surface area (Å²) in [6.07, 6.45) is 2.23. The molecule has 0 aromatic heterocycles. The molecule has 1 aromatic rings. The lowest BCUT2D eigenvalue weighted by Crippen LogP contribution is -2.34. The molecule has 0 heterocycles. The molecule has 2 nitrogen and oxygen atoms in total. The minimum absolute atomic E-state index is 0.0261. The first kappa shape index (κ1) is 17.5. The Labute approximate surface area is 128 Å². The molecule has 0 radical (unpaired) electrons. The number of thioether (sulfide) groups is 1. The number of methoxy groups -OCH3 is 1. The Morgan fingerprint density at radius 1 is 1.35 bits per heavy atom. The lowest BCUT2D eigenvalue weighted by Gasteiger charge is -2.26. The van der Waals surface area contributed by atoms with Crippen molar-refractivity contribution in [3.63, 3.8) is 0 Å². The van der Waals surface area contributed by atoms with Crippen molar-refractivity contribution < 1.29 is 4.74 Å². The molecule has 0 saturated carbocycles. The second kappa shape index (κ2) is 8.71. The second-order valence-corrected chi connectivity index (χ2v) is 6.98. The van der Waals surface area contributed by atoms with Gasteiger partial charge in [-0.25, -0.2) is 0 Å². The first-order valence-electron chi connectivity index (χ1n) is 7.45. The highest BCUT2D eigenvalue weighted by Crippen LogP contribution is 2.23. The van der Waals surface area contributed by atoms with Gasteiger partial charge in [-0.2, -0.15) is 0 Å². The molecule has 1 aromatic carbocycles. The van der Waals surface area contributed by atoms with Crippen LogP contribution >= 0.6 is 11.8 Å². The van der Waals surface area contributed by atoms with Gasteiger partial charge in [-0.15, -0.1) is 11.8 Å². The monoisotopic (exact) mass is 295 g/mol. The normalized spacial score (nSPS) is 13.4. The van der Waals surface area contributed by atoms with Crippen LogP contribution in [0.15, 0.2) is 29.2 Å². The maximum Gasteiger partial charge on any atom is 0.0623 e. The number of ether oxygens (including phenoxy) is 1. The van der Waals surface area contributed by atoms with Crippen molar-refractivity contribution in [2.75, 3.05) is 19.4 Å². The number of benzene rings is 1. The van der Waals surface area contributed by atoms with Gasteiger partial charge in [-0.3, -0.25) is 0 Å². The maximum atomic E-state index is 5.51. The third kappa shape index (κ3) is 6.78. The summed E-state index contributed by atoms with van der Waals surface area (Å²) in [5.41, 5.74) is 1.30. The van der Waals surface area contributed by atoms with Crippen LogP contribution in [-0.4, -0.2) is 31.1 Å². The zero-order chi connectivity index (χ0) is 15.0. The van der Waals surface area contributed by atoms with E-state index >= 15 is 0 Å². The summed E-state index contributed by atoms with van der Waals surface area (Å²) in [5, 5.41) is 3.59. The van der Waals surface area contributed by atoms with Gasteiger partial charge in [0, 0.05) is 23.8 Å². The third-order valence-electron chi connectivity index (χ3n) is 3.58. The summed E-state index contributed by atoms with van der Waals surface area (Å²) < 4.78 is 5.51. The Morgan fingerprint density at radius 2 is 2.10 bits per heavy atom. The fraction of sp³-hybridized carbons (Fsp3) is 0.647. The predicted octanol–water partition coefficient (Wildman–Crippen LogP) is 4.27. The smallest absolute Gasteiger partial charge is 0.0623 e. The zero-order valence-corrected chi connectivity index (χ0v) is 14.3. The Morgan fingerprint density at radius 3 is 2.70 bits per heavy atom. The van der Waals surface area contributed by atoms with Gasteiger partial charge in [-0.05, 0) is 52.3 Å². The van der Waals surface area contributed by atoms with Crippen LogP contribution in [-0.2, 0) is 4.74 Å². The van der Waals surface area contributed by atoms with Gasteiger partial charge < -0.3 is 10.1 Å². The third-order valence-corrected chi connectivity index (χ3v) is 4.74. The van der Waals surface area contributed by atoms with E-state index in [-0.39, 0.29) is 5.60 Å². The molecule has 20 heavy (non-hydrogen) atoms. The highest BCUT2D eigenvalue weighted by atomic mass is 32.2. The maximum absolute atomic E-state index is 5.51. The molecular weight excluding hydrogens is 266 g/mol. The molecule has 3 heteroatoms. The Kier molecular flexibility index (Phi) is 7.63. The summed E-state index contributed by atoms with van der Waals surface area (Å²) in [7, 11) is 1.80. The van der Waals surface area contributed by atoms with Gasteiger partial charge in [0.05, 0.1) is 5.60 Å². The largest absolute Gasteiger partial charge is 0.379 e. The van der Waals surface area contributed by atoms with Crippen LogP contribution in [0.2, 0.25) is 0 Å². The summed E-state index contributed by atoms with van der Waals surface area (Å²) in [6, 6.07) is 9.27. The van der Waals surface area contributed by atoms with E-state index in [1.807, 2.05) is 11.8 Å². The first-order chi connectivity index (χ1) is 9.46. The lowest BCUT2D eigenvalue weighted by atomic mass is 9.99. The number of aryl methyl sites for hydroxylation is 1. The number of hydrogen-bond donors (Lipinski definition) is 1. The van der Waals surface area contributed by atoms with Crippen LogP contribution < -0.4 is 5.32 Å². The molecular formula is C17H29NOS. The second-order valence-electron chi connectivity index (χ2n) is 5.88. The van der Waals surface area contributed by atoms with Gasteiger partial charge in [0.2, 0.25) is 0 Å². The van der Waals surface area contributed by atoms with Crippen molar-refractivity contribution in [2.45, 2.75) is 57.1 Å². The van der Waals surface area contributed by atoms with Crippen LogP contribution in [0.5, 0.6) is 0 Å². The molecule has 0 fully saturated rings. The zero-order valence-electron chi connectivity index (χ0n) is 13.5. The van der Waals surface area contributed by atoms with Crippen LogP contribution in [0.4, 0.5) is 0 Å². The van der Waals surface area contributed by atoms with Gasteiger partial charge in [0.25, 0.3) is 0 Å².